The summed E-state index contributed by atoms with van der Waals surface area (Å²) in [7, 11) is 0. The second kappa shape index (κ2) is 9.38. The van der Waals surface area contributed by atoms with E-state index in [0.29, 0.717) is 28.4 Å². The predicted molar refractivity (Wildman–Crippen MR) is 98.4 cm³/mol. The van der Waals surface area contributed by atoms with Gasteiger partial charge in [0.15, 0.2) is 6.10 Å². The summed E-state index contributed by atoms with van der Waals surface area (Å²) in [5, 5.41) is 18.2. The van der Waals surface area contributed by atoms with Crippen LogP contribution in [0.3, 0.4) is 0 Å². The van der Waals surface area contributed by atoms with Gasteiger partial charge in [-0.05, 0) is 43.3 Å². The lowest BCUT2D eigenvalue weighted by Crippen LogP contribution is -2.20. The molecule has 0 radical (unpaired) electrons. The van der Waals surface area contributed by atoms with Crippen molar-refractivity contribution in [2.45, 2.75) is 24.4 Å². The lowest BCUT2D eigenvalue weighted by atomic mass is 10.3. The van der Waals surface area contributed by atoms with Crippen molar-refractivity contribution in [3.05, 3.63) is 66.3 Å². The van der Waals surface area contributed by atoms with Crippen molar-refractivity contribution in [2.75, 3.05) is 12.4 Å². The molecule has 0 fully saturated rings. The van der Waals surface area contributed by atoms with Gasteiger partial charge in [0.25, 0.3) is 11.1 Å². The Labute approximate surface area is 160 Å². The third-order valence-corrected chi connectivity index (χ3v) is 4.44. The van der Waals surface area contributed by atoms with Gasteiger partial charge < -0.3 is 19.0 Å². The van der Waals surface area contributed by atoms with E-state index >= 15 is 0 Å². The Kier molecular flexibility index (Phi) is 6.67. The fraction of sp³-hybridized carbons (Fsp3) is 0.263. The molecule has 0 unspecified atom stereocenters. The van der Waals surface area contributed by atoms with Crippen LogP contribution in [0.4, 0.5) is 4.39 Å². The molecule has 0 bridgehead atoms. The number of aliphatic hydroxyl groups is 1. The highest BCUT2D eigenvalue weighted by molar-refractivity contribution is 7.99. The average molecular weight is 390 g/mol. The molecule has 3 aromatic rings. The Morgan fingerprint density at radius 2 is 1.81 bits per heavy atom. The summed E-state index contributed by atoms with van der Waals surface area (Å²) >= 11 is 1.23. The van der Waals surface area contributed by atoms with Crippen LogP contribution < -0.4 is 9.47 Å². The number of thioether (sulfide) groups is 1. The molecular weight excluding hydrogens is 371 g/mol. The largest absolute Gasteiger partial charge is 0.491 e. The molecule has 1 N–H and O–H groups in total. The predicted octanol–water partition coefficient (Wildman–Crippen LogP) is 3.88. The van der Waals surface area contributed by atoms with Gasteiger partial charge >= 0.3 is 0 Å². The molecule has 3 rings (SSSR count). The molecule has 1 aromatic heterocycles. The minimum Gasteiger partial charge on any atom is -0.491 e. The lowest BCUT2D eigenvalue weighted by molar-refractivity contribution is 0.126. The van der Waals surface area contributed by atoms with E-state index in [-0.39, 0.29) is 12.4 Å². The van der Waals surface area contributed by atoms with E-state index in [0.717, 1.165) is 0 Å². The zero-order valence-electron chi connectivity index (χ0n) is 14.6. The number of halogens is 1. The van der Waals surface area contributed by atoms with Crippen LogP contribution in [0, 0.1) is 5.82 Å². The van der Waals surface area contributed by atoms with Crippen LogP contribution in [0.15, 0.2) is 64.2 Å². The monoisotopic (exact) mass is 390 g/mol. The van der Waals surface area contributed by atoms with Gasteiger partial charge in [-0.15, -0.1) is 10.2 Å². The van der Waals surface area contributed by atoms with Crippen LogP contribution in [0.1, 0.15) is 18.9 Å². The molecule has 27 heavy (non-hydrogen) atoms. The quantitative estimate of drug-likeness (QED) is 0.556. The maximum Gasteiger partial charge on any atom is 0.276 e. The summed E-state index contributed by atoms with van der Waals surface area (Å²) in [5.74, 6) is 1.53. The molecule has 6 nitrogen and oxygen atoms in total. The number of rotatable bonds is 9. The molecule has 0 spiro atoms. The zero-order chi connectivity index (χ0) is 19.1. The first-order valence-electron chi connectivity index (χ1n) is 8.34. The van der Waals surface area contributed by atoms with Crippen LogP contribution in [0.5, 0.6) is 11.5 Å². The maximum absolute atomic E-state index is 12.9. The normalized spacial score (nSPS) is 13.1. The third-order valence-electron chi connectivity index (χ3n) is 3.48. The first kappa shape index (κ1) is 19.2. The number of hydrogen-bond acceptors (Lipinski definition) is 7. The van der Waals surface area contributed by atoms with E-state index in [9.17, 15) is 9.50 Å². The number of aromatic nitrogens is 2. The molecule has 2 atom stereocenters. The third kappa shape index (κ3) is 5.97. The highest BCUT2D eigenvalue weighted by Crippen LogP contribution is 2.24. The topological polar surface area (TPSA) is 77.6 Å². The van der Waals surface area contributed by atoms with Crippen molar-refractivity contribution >= 4 is 11.8 Å². The van der Waals surface area contributed by atoms with Gasteiger partial charge in [0.1, 0.15) is 23.9 Å². The van der Waals surface area contributed by atoms with Crippen molar-refractivity contribution < 1.29 is 23.4 Å². The molecule has 1 heterocycles. The fourth-order valence-corrected chi connectivity index (χ4v) is 2.81. The molecule has 0 saturated carbocycles. The number of hydrogen-bond donors (Lipinski definition) is 1. The van der Waals surface area contributed by atoms with E-state index < -0.39 is 12.2 Å². The fourth-order valence-electron chi connectivity index (χ4n) is 2.14. The Morgan fingerprint density at radius 1 is 1.07 bits per heavy atom. The molecule has 0 aliphatic carbocycles. The second-order valence-corrected chi connectivity index (χ2v) is 6.68. The highest BCUT2D eigenvalue weighted by atomic mass is 32.2. The number of nitrogens with zero attached hydrogens (tertiary/aromatic N) is 2. The molecule has 8 heteroatoms. The van der Waals surface area contributed by atoms with Crippen molar-refractivity contribution in [3.63, 3.8) is 0 Å². The number of benzene rings is 2. The summed E-state index contributed by atoms with van der Waals surface area (Å²) in [5.41, 5.74) is 0. The van der Waals surface area contributed by atoms with Gasteiger partial charge in [-0.2, -0.15) is 0 Å². The van der Waals surface area contributed by atoms with Gasteiger partial charge in [-0.1, -0.05) is 30.0 Å². The van der Waals surface area contributed by atoms with Crippen LogP contribution in [-0.2, 0) is 0 Å². The number of aliphatic hydroxyl groups excluding tert-OH is 1. The van der Waals surface area contributed by atoms with Crippen LogP contribution in [0.25, 0.3) is 0 Å². The second-order valence-electron chi connectivity index (χ2n) is 5.71. The summed E-state index contributed by atoms with van der Waals surface area (Å²) < 4.78 is 29.6. The van der Waals surface area contributed by atoms with Gasteiger partial charge in [0.2, 0.25) is 0 Å². The molecular formula is C19H19FN2O4S. The minimum absolute atomic E-state index is 0.169. The average Bonchev–Trinajstić information content (AvgIpc) is 3.16. The molecule has 0 saturated heterocycles. The molecule has 0 aliphatic heterocycles. The van der Waals surface area contributed by atoms with Gasteiger partial charge in [0, 0.05) is 5.75 Å². The Bertz CT molecular complexity index is 829. The zero-order valence-corrected chi connectivity index (χ0v) is 15.4. The summed E-state index contributed by atoms with van der Waals surface area (Å²) in [6.45, 7) is 1.93. The van der Waals surface area contributed by atoms with E-state index in [1.54, 1.807) is 6.92 Å². The standard InChI is InChI=1S/C19H19FN2O4S/c1-13(25-17-9-7-14(20)8-10-17)18-21-22-19(26-18)27-12-15(23)11-24-16-5-3-2-4-6-16/h2-10,13,15,23H,11-12H2,1H3/t13-,15-/m1/s1. The smallest absolute Gasteiger partial charge is 0.276 e. The Morgan fingerprint density at radius 3 is 2.56 bits per heavy atom. The molecule has 2 aromatic carbocycles. The van der Waals surface area contributed by atoms with Crippen LogP contribution in [-0.4, -0.2) is 33.8 Å². The summed E-state index contributed by atoms with van der Waals surface area (Å²) in [4.78, 5) is 0. The molecule has 0 aliphatic rings. The van der Waals surface area contributed by atoms with E-state index in [1.807, 2.05) is 30.3 Å². The first-order valence-corrected chi connectivity index (χ1v) is 9.33. The van der Waals surface area contributed by atoms with E-state index in [4.69, 9.17) is 13.9 Å². The highest BCUT2D eigenvalue weighted by Gasteiger charge is 2.17. The SMILES string of the molecule is C[C@@H](Oc1ccc(F)cc1)c1nnc(SC[C@H](O)COc2ccccc2)o1. The van der Waals surface area contributed by atoms with Crippen molar-refractivity contribution in [1.82, 2.24) is 10.2 Å². The summed E-state index contributed by atoms with van der Waals surface area (Å²) in [6.07, 6.45) is -1.16. The number of para-hydroxylation sites is 1. The van der Waals surface area contributed by atoms with Crippen molar-refractivity contribution in [3.8, 4) is 11.5 Å². The molecule has 142 valence electrons. The van der Waals surface area contributed by atoms with Crippen LogP contribution in [0.2, 0.25) is 0 Å². The molecule has 0 amide bonds. The minimum atomic E-state index is -0.682. The summed E-state index contributed by atoms with van der Waals surface area (Å²) in [6, 6.07) is 15.0. The van der Waals surface area contributed by atoms with Gasteiger partial charge in [0.05, 0.1) is 6.10 Å². The van der Waals surface area contributed by atoms with E-state index in [1.165, 1.54) is 36.0 Å². The lowest BCUT2D eigenvalue weighted by Gasteiger charge is -2.11. The van der Waals surface area contributed by atoms with Gasteiger partial charge in [-0.3, -0.25) is 0 Å². The first-order chi connectivity index (χ1) is 13.1. The van der Waals surface area contributed by atoms with Crippen molar-refractivity contribution in [2.24, 2.45) is 0 Å². The Hall–Kier alpha value is -2.58. The van der Waals surface area contributed by atoms with Crippen LogP contribution >= 0.6 is 11.8 Å². The maximum atomic E-state index is 12.9. The van der Waals surface area contributed by atoms with E-state index in [2.05, 4.69) is 10.2 Å². The van der Waals surface area contributed by atoms with Gasteiger partial charge in [-0.25, -0.2) is 4.39 Å². The van der Waals surface area contributed by atoms with Crippen molar-refractivity contribution in [1.29, 1.82) is 0 Å². The number of ether oxygens (including phenoxy) is 2. The Balaban J connectivity index is 1.45.